The van der Waals surface area contributed by atoms with Crippen LogP contribution in [0.4, 0.5) is 5.88 Å². The first-order chi connectivity index (χ1) is 10.1. The molecule has 1 aromatic carbocycles. The van der Waals surface area contributed by atoms with Gasteiger partial charge in [0, 0.05) is 0 Å². The Morgan fingerprint density at radius 1 is 1.24 bits per heavy atom. The maximum atomic E-state index is 11.3. The van der Waals surface area contributed by atoms with Gasteiger partial charge in [-0.05, 0) is 30.8 Å². The molecule has 1 atom stereocenters. The lowest BCUT2D eigenvalue weighted by atomic mass is 10.0. The van der Waals surface area contributed by atoms with E-state index in [1.54, 1.807) is 25.2 Å². The number of nitro groups is 1. The number of hydrogen-bond donors (Lipinski definition) is 3. The number of hydrogen-bond acceptors (Lipinski definition) is 5. The summed E-state index contributed by atoms with van der Waals surface area (Å²) < 4.78 is 5.23. The molecule has 0 aliphatic rings. The molecule has 0 aliphatic carbocycles. The van der Waals surface area contributed by atoms with E-state index >= 15 is 0 Å². The number of fused-ring (bicyclic) bond motifs is 1. The van der Waals surface area contributed by atoms with Gasteiger partial charge in [0.25, 0.3) is 0 Å². The Hall–Kier alpha value is -2.87. The van der Waals surface area contributed by atoms with Gasteiger partial charge in [-0.3, -0.25) is 10.1 Å². The van der Waals surface area contributed by atoms with Gasteiger partial charge in [0.1, 0.15) is 10.7 Å². The van der Waals surface area contributed by atoms with Crippen molar-refractivity contribution < 1.29 is 9.34 Å². The van der Waals surface area contributed by atoms with E-state index in [1.807, 2.05) is 6.07 Å². The zero-order valence-corrected chi connectivity index (χ0v) is 11.0. The van der Waals surface area contributed by atoms with Crippen LogP contribution in [0.1, 0.15) is 17.4 Å². The Morgan fingerprint density at radius 2 is 2.00 bits per heavy atom. The molecule has 1 unspecified atom stereocenters. The summed E-state index contributed by atoms with van der Waals surface area (Å²) in [5, 5.41) is 13.7. The highest BCUT2D eigenvalue weighted by molar-refractivity contribution is 5.75. The zero-order chi connectivity index (χ0) is 15.0. The molecule has 2 aromatic heterocycles. The summed E-state index contributed by atoms with van der Waals surface area (Å²) in [6.45, 7) is 0. The Bertz CT molecular complexity index is 860. The molecule has 8 nitrogen and oxygen atoms in total. The van der Waals surface area contributed by atoms with Crippen LogP contribution in [0, 0.1) is 10.1 Å². The van der Waals surface area contributed by atoms with Gasteiger partial charge >= 0.3 is 11.6 Å². The molecule has 0 aliphatic heterocycles. The van der Waals surface area contributed by atoms with E-state index in [2.05, 4.69) is 15.3 Å². The van der Waals surface area contributed by atoms with Crippen molar-refractivity contribution in [3.8, 4) is 0 Å². The molecule has 3 rings (SSSR count). The third-order valence-corrected chi connectivity index (χ3v) is 3.24. The predicted octanol–water partition coefficient (Wildman–Crippen LogP) is 1.67. The first-order valence-corrected chi connectivity index (χ1v) is 6.22. The summed E-state index contributed by atoms with van der Waals surface area (Å²) in [4.78, 5) is 26.7. The number of furan rings is 1. The number of benzene rings is 1. The van der Waals surface area contributed by atoms with E-state index in [9.17, 15) is 14.9 Å². The summed E-state index contributed by atoms with van der Waals surface area (Å²) in [6.07, 6.45) is 0. The van der Waals surface area contributed by atoms with Crippen LogP contribution in [-0.2, 0) is 0 Å². The average Bonchev–Trinajstić information content (AvgIpc) is 3.05. The lowest BCUT2D eigenvalue weighted by Crippen LogP contribution is -2.16. The first kappa shape index (κ1) is 13.1. The van der Waals surface area contributed by atoms with Crippen molar-refractivity contribution in [2.75, 3.05) is 7.05 Å². The average molecular weight is 288 g/mol. The fourth-order valence-corrected chi connectivity index (χ4v) is 2.30. The second-order valence-electron chi connectivity index (χ2n) is 4.54. The SMILES string of the molecule is CNC(c1ccc2[nH]c(=O)[nH]c2c1)c1ccc([N+](=O)[O-])o1. The standard InChI is InChI=1S/C13H12N4O4/c1-14-12(10-4-5-11(21-10)17(19)20)7-2-3-8-9(6-7)16-13(18)15-8/h2-6,12,14H,1H3,(H2,15,16,18). The first-order valence-electron chi connectivity index (χ1n) is 6.22. The maximum Gasteiger partial charge on any atom is 0.433 e. The number of H-pyrrole nitrogens is 2. The van der Waals surface area contributed by atoms with Gasteiger partial charge < -0.3 is 19.7 Å². The Kier molecular flexibility index (Phi) is 3.07. The number of nitrogens with one attached hydrogen (secondary N) is 3. The van der Waals surface area contributed by atoms with Gasteiger partial charge in [0.15, 0.2) is 0 Å². The highest BCUT2D eigenvalue weighted by Gasteiger charge is 2.20. The fraction of sp³-hybridized carbons (Fsp3) is 0.154. The highest BCUT2D eigenvalue weighted by atomic mass is 16.6. The Labute approximate surface area is 117 Å². The van der Waals surface area contributed by atoms with E-state index in [0.717, 1.165) is 5.56 Å². The smallest absolute Gasteiger partial charge is 0.404 e. The normalized spacial score (nSPS) is 12.6. The van der Waals surface area contributed by atoms with Crippen LogP contribution < -0.4 is 11.0 Å². The summed E-state index contributed by atoms with van der Waals surface area (Å²) in [5.74, 6) is 0.128. The van der Waals surface area contributed by atoms with Crippen molar-refractivity contribution in [3.05, 3.63) is 62.3 Å². The Morgan fingerprint density at radius 3 is 2.67 bits per heavy atom. The lowest BCUT2D eigenvalue weighted by Gasteiger charge is -2.13. The van der Waals surface area contributed by atoms with Gasteiger partial charge in [-0.2, -0.15) is 0 Å². The zero-order valence-electron chi connectivity index (χ0n) is 11.0. The van der Waals surface area contributed by atoms with Crippen molar-refractivity contribution in [1.82, 2.24) is 15.3 Å². The largest absolute Gasteiger partial charge is 0.433 e. The molecule has 0 spiro atoms. The summed E-state index contributed by atoms with van der Waals surface area (Å²) in [5.41, 5.74) is 1.91. The van der Waals surface area contributed by atoms with Gasteiger partial charge in [0.05, 0.1) is 23.1 Å². The van der Waals surface area contributed by atoms with Crippen molar-refractivity contribution in [2.24, 2.45) is 0 Å². The highest BCUT2D eigenvalue weighted by Crippen LogP contribution is 2.27. The topological polar surface area (TPSA) is 117 Å². The third-order valence-electron chi connectivity index (χ3n) is 3.24. The molecule has 0 bridgehead atoms. The lowest BCUT2D eigenvalue weighted by molar-refractivity contribution is -0.402. The van der Waals surface area contributed by atoms with Gasteiger partial charge in [-0.15, -0.1) is 0 Å². The maximum absolute atomic E-state index is 11.3. The van der Waals surface area contributed by atoms with Crippen molar-refractivity contribution >= 4 is 16.9 Å². The number of imidazole rings is 1. The van der Waals surface area contributed by atoms with Crippen molar-refractivity contribution in [3.63, 3.8) is 0 Å². The van der Waals surface area contributed by atoms with Gasteiger partial charge in [-0.1, -0.05) is 6.07 Å². The van der Waals surface area contributed by atoms with Crippen LogP contribution in [0.3, 0.4) is 0 Å². The van der Waals surface area contributed by atoms with Crippen molar-refractivity contribution in [2.45, 2.75) is 6.04 Å². The summed E-state index contributed by atoms with van der Waals surface area (Å²) >= 11 is 0. The third kappa shape index (κ3) is 2.32. The van der Waals surface area contributed by atoms with Crippen molar-refractivity contribution in [1.29, 1.82) is 0 Å². The molecule has 21 heavy (non-hydrogen) atoms. The van der Waals surface area contributed by atoms with Crippen LogP contribution in [0.15, 0.2) is 39.5 Å². The minimum Gasteiger partial charge on any atom is -0.404 e. The van der Waals surface area contributed by atoms with Gasteiger partial charge in [0.2, 0.25) is 0 Å². The van der Waals surface area contributed by atoms with Crippen LogP contribution >= 0.6 is 0 Å². The molecule has 0 amide bonds. The predicted molar refractivity (Wildman–Crippen MR) is 75.2 cm³/mol. The van der Waals surface area contributed by atoms with Crippen LogP contribution in [0.2, 0.25) is 0 Å². The van der Waals surface area contributed by atoms with Crippen LogP contribution in [0.25, 0.3) is 11.0 Å². The van der Waals surface area contributed by atoms with Gasteiger partial charge in [-0.25, -0.2) is 4.79 Å². The van der Waals surface area contributed by atoms with Crippen LogP contribution in [-0.4, -0.2) is 21.9 Å². The molecular formula is C13H12N4O4. The van der Waals surface area contributed by atoms with E-state index in [-0.39, 0.29) is 17.6 Å². The van der Waals surface area contributed by atoms with Crippen LogP contribution in [0.5, 0.6) is 0 Å². The number of nitrogens with zero attached hydrogens (tertiary/aromatic N) is 1. The summed E-state index contributed by atoms with van der Waals surface area (Å²) in [7, 11) is 1.73. The number of aromatic amines is 2. The second-order valence-corrected chi connectivity index (χ2v) is 4.54. The van der Waals surface area contributed by atoms with E-state index in [0.29, 0.717) is 16.8 Å². The summed E-state index contributed by atoms with van der Waals surface area (Å²) in [6, 6.07) is 7.91. The minimum atomic E-state index is -0.580. The monoisotopic (exact) mass is 288 g/mol. The molecule has 8 heteroatoms. The number of aromatic nitrogens is 2. The molecule has 0 saturated heterocycles. The fourth-order valence-electron chi connectivity index (χ4n) is 2.30. The van der Waals surface area contributed by atoms with E-state index in [1.165, 1.54) is 6.07 Å². The number of rotatable bonds is 4. The molecular weight excluding hydrogens is 276 g/mol. The molecule has 3 N–H and O–H groups in total. The molecule has 108 valence electrons. The second kappa shape index (κ2) is 4.91. The molecule has 0 saturated carbocycles. The minimum absolute atomic E-state index is 0.281. The molecule has 3 aromatic rings. The molecule has 0 radical (unpaired) electrons. The molecule has 0 fully saturated rings. The van der Waals surface area contributed by atoms with E-state index < -0.39 is 4.92 Å². The quantitative estimate of drug-likeness (QED) is 0.498. The van der Waals surface area contributed by atoms with E-state index in [4.69, 9.17) is 4.42 Å². The Balaban J connectivity index is 2.03. The molecule has 2 heterocycles.